The third-order valence-corrected chi connectivity index (χ3v) is 4.28. The highest BCUT2D eigenvalue weighted by molar-refractivity contribution is 6.34. The highest BCUT2D eigenvalue weighted by Gasteiger charge is 2.13. The van der Waals surface area contributed by atoms with Crippen molar-refractivity contribution in [1.29, 1.82) is 0 Å². The molecule has 0 amide bonds. The van der Waals surface area contributed by atoms with Gasteiger partial charge in [-0.25, -0.2) is 5.84 Å². The quantitative estimate of drug-likeness (QED) is 0.284. The van der Waals surface area contributed by atoms with Crippen LogP contribution in [0.2, 0.25) is 0 Å². The lowest BCUT2D eigenvalue weighted by Gasteiger charge is -2.23. The Morgan fingerprint density at radius 3 is 2.25 bits per heavy atom. The summed E-state index contributed by atoms with van der Waals surface area (Å²) in [4.78, 5) is 0. The Balaban J connectivity index is 5.44. The molecule has 0 bridgehead atoms. The second kappa shape index (κ2) is 9.28. The van der Waals surface area contributed by atoms with Gasteiger partial charge in [-0.3, -0.25) is 5.01 Å². The first-order valence-electron chi connectivity index (χ1n) is 6.90. The monoisotopic (exact) mass is 316 g/mol. The highest BCUT2D eigenvalue weighted by Crippen LogP contribution is 2.25. The van der Waals surface area contributed by atoms with Gasteiger partial charge < -0.3 is 0 Å². The van der Waals surface area contributed by atoms with E-state index in [4.69, 9.17) is 29.0 Å². The van der Waals surface area contributed by atoms with Gasteiger partial charge in [0.05, 0.1) is 0 Å². The maximum absolute atomic E-state index is 6.25. The van der Waals surface area contributed by atoms with Gasteiger partial charge in [-0.2, -0.15) is 0 Å². The summed E-state index contributed by atoms with van der Waals surface area (Å²) < 4.78 is 0. The predicted molar refractivity (Wildman–Crippen MR) is 91.2 cm³/mol. The van der Waals surface area contributed by atoms with Crippen molar-refractivity contribution in [1.82, 2.24) is 5.01 Å². The van der Waals surface area contributed by atoms with Crippen LogP contribution < -0.4 is 5.84 Å². The van der Waals surface area contributed by atoms with Gasteiger partial charge in [-0.15, -0.1) is 0 Å². The molecular formula is C16H26Cl2N2. The lowest BCUT2D eigenvalue weighted by atomic mass is 9.97. The smallest absolute Gasteiger partial charge is 0.124 e. The molecule has 1 atom stereocenters. The molecule has 4 heteroatoms. The van der Waals surface area contributed by atoms with E-state index in [-0.39, 0.29) is 0 Å². The molecule has 0 rings (SSSR count). The molecule has 0 aromatic heterocycles. The van der Waals surface area contributed by atoms with E-state index in [1.165, 1.54) is 5.01 Å². The van der Waals surface area contributed by atoms with E-state index < -0.39 is 0 Å². The summed E-state index contributed by atoms with van der Waals surface area (Å²) in [6, 6.07) is 0. The average molecular weight is 317 g/mol. The van der Waals surface area contributed by atoms with E-state index in [1.54, 1.807) is 6.08 Å². The van der Waals surface area contributed by atoms with Crippen LogP contribution in [0.25, 0.3) is 0 Å². The van der Waals surface area contributed by atoms with Crippen LogP contribution in [0.1, 0.15) is 47.5 Å². The van der Waals surface area contributed by atoms with Crippen molar-refractivity contribution in [2.24, 2.45) is 11.8 Å². The number of allylic oxidation sites excluding steroid dienone is 6. The number of rotatable bonds is 7. The molecule has 1 unspecified atom stereocenters. The molecule has 0 saturated carbocycles. The minimum atomic E-state index is 0.381. The number of halogens is 2. The Bertz CT molecular complexity index is 434. The van der Waals surface area contributed by atoms with Crippen molar-refractivity contribution in [3.63, 3.8) is 0 Å². The molecular weight excluding hydrogens is 291 g/mol. The normalized spacial score (nSPS) is 16.3. The summed E-state index contributed by atoms with van der Waals surface area (Å²) >= 11 is 12.4. The fourth-order valence-electron chi connectivity index (χ4n) is 1.69. The van der Waals surface area contributed by atoms with E-state index in [1.807, 2.05) is 26.8 Å². The van der Waals surface area contributed by atoms with Crippen LogP contribution in [0.15, 0.2) is 45.8 Å². The van der Waals surface area contributed by atoms with Gasteiger partial charge in [0.1, 0.15) is 5.16 Å². The van der Waals surface area contributed by atoms with Gasteiger partial charge in [0, 0.05) is 10.7 Å². The fourth-order valence-corrected chi connectivity index (χ4v) is 2.22. The number of nitrogens with two attached hydrogens (primary N) is 1. The molecule has 0 aliphatic rings. The summed E-state index contributed by atoms with van der Waals surface area (Å²) in [5.41, 5.74) is 3.05. The molecule has 114 valence electrons. The zero-order valence-electron chi connectivity index (χ0n) is 13.1. The summed E-state index contributed by atoms with van der Waals surface area (Å²) in [6.07, 6.45) is 5.41. The minimum Gasteiger partial charge on any atom is -0.272 e. The summed E-state index contributed by atoms with van der Waals surface area (Å²) in [6.45, 7) is 14.1. The topological polar surface area (TPSA) is 29.3 Å². The standard InChI is InChI=1S/C16H26Cl2N2/c1-7-11(4)14(9-3)13(6)20(19)16(18)10-15(17)12(5)8-2/h9-11H,3,7-8,19H2,1-2,4-6H3/b14-13+,15-12-,16-10-. The Kier molecular flexibility index (Phi) is 8.95. The molecule has 0 aliphatic heterocycles. The van der Waals surface area contributed by atoms with E-state index in [0.29, 0.717) is 16.1 Å². The Labute approximate surface area is 133 Å². The first-order valence-corrected chi connectivity index (χ1v) is 7.66. The largest absolute Gasteiger partial charge is 0.272 e. The third-order valence-electron chi connectivity index (χ3n) is 3.56. The van der Waals surface area contributed by atoms with Crippen LogP contribution in [0.5, 0.6) is 0 Å². The van der Waals surface area contributed by atoms with Gasteiger partial charge >= 0.3 is 0 Å². The van der Waals surface area contributed by atoms with Crippen LogP contribution in [0, 0.1) is 5.92 Å². The van der Waals surface area contributed by atoms with Crippen LogP contribution in [-0.4, -0.2) is 5.01 Å². The highest BCUT2D eigenvalue weighted by atomic mass is 35.5. The molecule has 0 fully saturated rings. The first-order chi connectivity index (χ1) is 9.29. The van der Waals surface area contributed by atoms with E-state index in [9.17, 15) is 0 Å². The maximum atomic E-state index is 6.25. The van der Waals surface area contributed by atoms with Crippen molar-refractivity contribution >= 4 is 23.2 Å². The molecule has 0 aromatic rings. The Hall–Kier alpha value is -0.700. The number of hydrogen-bond acceptors (Lipinski definition) is 2. The van der Waals surface area contributed by atoms with Gasteiger partial charge in [-0.05, 0) is 44.3 Å². The zero-order valence-corrected chi connectivity index (χ0v) is 14.6. The number of hydrazine groups is 1. The molecule has 0 spiro atoms. The van der Waals surface area contributed by atoms with Crippen LogP contribution in [-0.2, 0) is 0 Å². The van der Waals surface area contributed by atoms with Crippen LogP contribution in [0.3, 0.4) is 0 Å². The van der Waals surface area contributed by atoms with Gasteiger partial charge in [0.2, 0.25) is 0 Å². The predicted octanol–water partition coefficient (Wildman–Crippen LogP) is 5.67. The third kappa shape index (κ3) is 5.35. The van der Waals surface area contributed by atoms with Crippen molar-refractivity contribution in [3.05, 3.63) is 45.8 Å². The van der Waals surface area contributed by atoms with Crippen LogP contribution in [0.4, 0.5) is 0 Å². The number of nitrogens with zero attached hydrogens (tertiary/aromatic N) is 1. The Morgan fingerprint density at radius 1 is 1.30 bits per heavy atom. The molecule has 20 heavy (non-hydrogen) atoms. The molecule has 0 saturated heterocycles. The average Bonchev–Trinajstić information content (AvgIpc) is 2.45. The minimum absolute atomic E-state index is 0.381. The zero-order chi connectivity index (χ0) is 15.9. The lowest BCUT2D eigenvalue weighted by molar-refractivity contribution is 0.463. The van der Waals surface area contributed by atoms with Crippen molar-refractivity contribution < 1.29 is 0 Å². The summed E-state index contributed by atoms with van der Waals surface area (Å²) in [5, 5.41) is 2.48. The van der Waals surface area contributed by atoms with Gasteiger partial charge in [-0.1, -0.05) is 62.2 Å². The van der Waals surface area contributed by atoms with Crippen molar-refractivity contribution in [2.45, 2.75) is 47.5 Å². The van der Waals surface area contributed by atoms with E-state index in [0.717, 1.165) is 29.7 Å². The van der Waals surface area contributed by atoms with Gasteiger partial charge in [0.15, 0.2) is 0 Å². The molecule has 0 aliphatic carbocycles. The van der Waals surface area contributed by atoms with Crippen LogP contribution >= 0.6 is 23.2 Å². The SMILES string of the molecule is C=C/C(=C(/C)N(N)/C(Cl)=C\C(Cl)=C(/C)CC)C(C)CC. The maximum Gasteiger partial charge on any atom is 0.124 e. The molecule has 2 nitrogen and oxygen atoms in total. The Morgan fingerprint density at radius 2 is 1.85 bits per heavy atom. The fraction of sp³-hybridized carbons (Fsp3) is 0.500. The second-order valence-electron chi connectivity index (χ2n) is 4.87. The van der Waals surface area contributed by atoms with Gasteiger partial charge in [0.25, 0.3) is 0 Å². The summed E-state index contributed by atoms with van der Waals surface area (Å²) in [5.74, 6) is 6.45. The molecule has 0 radical (unpaired) electrons. The van der Waals surface area contributed by atoms with Crippen molar-refractivity contribution in [2.75, 3.05) is 0 Å². The summed E-state index contributed by atoms with van der Waals surface area (Å²) in [7, 11) is 0. The van der Waals surface area contributed by atoms with Crippen molar-refractivity contribution in [3.8, 4) is 0 Å². The lowest BCUT2D eigenvalue weighted by Crippen LogP contribution is -2.28. The second-order valence-corrected chi connectivity index (χ2v) is 5.67. The first kappa shape index (κ1) is 19.3. The van der Waals surface area contributed by atoms with E-state index >= 15 is 0 Å². The molecule has 2 N–H and O–H groups in total. The van der Waals surface area contributed by atoms with E-state index in [2.05, 4.69) is 20.4 Å². The molecule has 0 heterocycles. The molecule has 0 aromatic carbocycles. The number of hydrogen-bond donors (Lipinski definition) is 1.